The minimum Gasteiger partial charge on any atom is -0.507 e. The van der Waals surface area contributed by atoms with E-state index in [9.17, 15) is 15.2 Å². The third-order valence-corrected chi connectivity index (χ3v) is 2.82. The third kappa shape index (κ3) is 4.00. The fourth-order valence-corrected chi connectivity index (χ4v) is 1.16. The van der Waals surface area contributed by atoms with Crippen molar-refractivity contribution in [3.8, 4) is 5.75 Å². The Balaban J connectivity index is 2.86. The molecule has 0 aromatic heterocycles. The van der Waals surface area contributed by atoms with Crippen LogP contribution in [0.5, 0.6) is 5.75 Å². The molecule has 17 heavy (non-hydrogen) atoms. The van der Waals surface area contributed by atoms with Gasteiger partial charge in [-0.05, 0) is 12.3 Å². The Morgan fingerprint density at radius 1 is 1.71 bits per heavy atom. The molecule has 90 valence electrons. The van der Waals surface area contributed by atoms with Gasteiger partial charge < -0.3 is 5.11 Å². The van der Waals surface area contributed by atoms with E-state index in [-0.39, 0.29) is 17.0 Å². The number of benzene rings is 1. The van der Waals surface area contributed by atoms with Crippen molar-refractivity contribution in [2.24, 2.45) is 5.10 Å². The lowest BCUT2D eigenvalue weighted by atomic mass is 10.2. The van der Waals surface area contributed by atoms with Crippen molar-refractivity contribution in [3.63, 3.8) is 0 Å². The molecule has 0 heterocycles. The van der Waals surface area contributed by atoms with Crippen LogP contribution in [0.1, 0.15) is 5.56 Å². The Hall–Kier alpha value is -1.67. The van der Waals surface area contributed by atoms with E-state index in [0.29, 0.717) is 4.32 Å². The Bertz CT molecular complexity index is 477. The third-order valence-electron chi connectivity index (χ3n) is 1.77. The smallest absolute Gasteiger partial charge is 0.270 e. The molecule has 0 saturated heterocycles. The Kier molecular flexibility index (Phi) is 4.85. The van der Waals surface area contributed by atoms with E-state index in [1.165, 1.54) is 36.2 Å². The Morgan fingerprint density at radius 3 is 3.00 bits per heavy atom. The fraction of sp³-hybridized carbons (Fsp3) is 0.111. The molecular weight excluding hydrogens is 262 g/mol. The van der Waals surface area contributed by atoms with Crippen LogP contribution in [0.25, 0.3) is 0 Å². The quantitative estimate of drug-likeness (QED) is 0.377. The summed E-state index contributed by atoms with van der Waals surface area (Å²) in [7, 11) is 0. The number of nitro groups is 1. The second-order valence-electron chi connectivity index (χ2n) is 2.86. The summed E-state index contributed by atoms with van der Waals surface area (Å²) in [4.78, 5) is 9.99. The number of nitrogens with one attached hydrogen (secondary N) is 1. The van der Waals surface area contributed by atoms with Gasteiger partial charge in [0.1, 0.15) is 5.75 Å². The number of thiocarbonyl (C=S) groups is 1. The number of phenols is 1. The molecule has 1 aromatic rings. The van der Waals surface area contributed by atoms with E-state index >= 15 is 0 Å². The van der Waals surface area contributed by atoms with E-state index in [4.69, 9.17) is 12.2 Å². The molecule has 1 rings (SSSR count). The highest BCUT2D eigenvalue weighted by Gasteiger charge is 2.08. The van der Waals surface area contributed by atoms with Gasteiger partial charge in [-0.3, -0.25) is 15.5 Å². The van der Waals surface area contributed by atoms with Gasteiger partial charge in [-0.2, -0.15) is 5.10 Å². The highest BCUT2D eigenvalue weighted by molar-refractivity contribution is 8.22. The van der Waals surface area contributed by atoms with Gasteiger partial charge in [0.25, 0.3) is 5.69 Å². The molecular formula is C9H9N3O3S2. The summed E-state index contributed by atoms with van der Waals surface area (Å²) >= 11 is 6.15. The minimum absolute atomic E-state index is 0.0868. The van der Waals surface area contributed by atoms with Gasteiger partial charge in [0, 0.05) is 17.7 Å². The number of nitro benzene ring substituents is 1. The molecule has 0 radical (unpaired) electrons. The van der Waals surface area contributed by atoms with Gasteiger partial charge in [-0.25, -0.2) is 0 Å². The molecule has 0 aliphatic heterocycles. The lowest BCUT2D eigenvalue weighted by molar-refractivity contribution is -0.384. The van der Waals surface area contributed by atoms with Gasteiger partial charge in [0.05, 0.1) is 11.1 Å². The normalized spacial score (nSPS) is 10.4. The first-order valence-electron chi connectivity index (χ1n) is 4.39. The van der Waals surface area contributed by atoms with Crippen molar-refractivity contribution in [2.75, 3.05) is 6.26 Å². The average molecular weight is 271 g/mol. The zero-order chi connectivity index (χ0) is 12.8. The van der Waals surface area contributed by atoms with E-state index < -0.39 is 4.92 Å². The molecule has 0 saturated carbocycles. The summed E-state index contributed by atoms with van der Waals surface area (Å²) in [6.07, 6.45) is 3.06. The van der Waals surface area contributed by atoms with Crippen molar-refractivity contribution in [2.45, 2.75) is 0 Å². The monoisotopic (exact) mass is 271 g/mol. The number of non-ortho nitro benzene ring substituents is 1. The number of thioether (sulfide) groups is 1. The highest BCUT2D eigenvalue weighted by Crippen LogP contribution is 2.21. The van der Waals surface area contributed by atoms with Crippen molar-refractivity contribution >= 4 is 40.2 Å². The van der Waals surface area contributed by atoms with Crippen molar-refractivity contribution < 1.29 is 10.0 Å². The van der Waals surface area contributed by atoms with Crippen LogP contribution in [0.2, 0.25) is 0 Å². The van der Waals surface area contributed by atoms with Gasteiger partial charge in [0.15, 0.2) is 4.32 Å². The fourth-order valence-electron chi connectivity index (χ4n) is 0.959. The molecule has 0 aliphatic carbocycles. The molecule has 0 spiro atoms. The topological polar surface area (TPSA) is 87.8 Å². The first kappa shape index (κ1) is 13.4. The minimum atomic E-state index is -0.545. The Labute approximate surface area is 107 Å². The van der Waals surface area contributed by atoms with Crippen LogP contribution in [-0.4, -0.2) is 26.8 Å². The van der Waals surface area contributed by atoms with Gasteiger partial charge >= 0.3 is 0 Å². The molecule has 8 heteroatoms. The predicted molar refractivity (Wildman–Crippen MR) is 71.6 cm³/mol. The van der Waals surface area contributed by atoms with Crippen molar-refractivity contribution in [3.05, 3.63) is 33.9 Å². The molecule has 0 fully saturated rings. The molecule has 0 unspecified atom stereocenters. The number of hydrogen-bond donors (Lipinski definition) is 2. The van der Waals surface area contributed by atoms with Crippen LogP contribution in [0.4, 0.5) is 5.69 Å². The molecule has 0 bridgehead atoms. The van der Waals surface area contributed by atoms with Crippen LogP contribution in [0.15, 0.2) is 23.3 Å². The lowest BCUT2D eigenvalue weighted by Crippen LogP contribution is -2.10. The maximum Gasteiger partial charge on any atom is 0.270 e. The average Bonchev–Trinajstić information content (AvgIpc) is 2.30. The standard InChI is InChI=1S/C9H9N3O3S2/c1-17-9(16)11-10-5-6-4-7(12(14)15)2-3-8(6)13/h2-5,13H,1H3,(H,11,16)/b10-5+. The number of hydrogen-bond acceptors (Lipinski definition) is 6. The first-order valence-corrected chi connectivity index (χ1v) is 6.02. The number of rotatable bonds is 3. The van der Waals surface area contributed by atoms with Crippen LogP contribution >= 0.6 is 24.0 Å². The second-order valence-corrected chi connectivity index (χ2v) is 4.34. The maximum atomic E-state index is 10.5. The van der Waals surface area contributed by atoms with Crippen molar-refractivity contribution in [1.29, 1.82) is 0 Å². The van der Waals surface area contributed by atoms with Crippen LogP contribution in [0.3, 0.4) is 0 Å². The van der Waals surface area contributed by atoms with Crippen LogP contribution in [-0.2, 0) is 0 Å². The predicted octanol–water partition coefficient (Wildman–Crippen LogP) is 1.87. The maximum absolute atomic E-state index is 10.5. The Morgan fingerprint density at radius 2 is 2.41 bits per heavy atom. The summed E-state index contributed by atoms with van der Waals surface area (Å²) in [5, 5.41) is 23.7. The molecule has 0 atom stereocenters. The summed E-state index contributed by atoms with van der Waals surface area (Å²) in [6.45, 7) is 0. The zero-order valence-corrected chi connectivity index (χ0v) is 10.4. The molecule has 0 amide bonds. The first-order chi connectivity index (χ1) is 8.04. The summed E-state index contributed by atoms with van der Waals surface area (Å²) < 4.78 is 0.464. The number of aromatic hydroxyl groups is 1. The highest BCUT2D eigenvalue weighted by atomic mass is 32.2. The van der Waals surface area contributed by atoms with Gasteiger partial charge in [-0.15, -0.1) is 0 Å². The number of phenolic OH excluding ortho intramolecular Hbond substituents is 1. The van der Waals surface area contributed by atoms with Gasteiger partial charge in [0.2, 0.25) is 0 Å². The van der Waals surface area contributed by atoms with Crippen LogP contribution < -0.4 is 5.43 Å². The number of hydrazone groups is 1. The summed E-state index contributed by atoms with van der Waals surface area (Å²) in [5.41, 5.74) is 2.67. The molecule has 6 nitrogen and oxygen atoms in total. The van der Waals surface area contributed by atoms with E-state index in [1.807, 2.05) is 0 Å². The molecule has 1 aromatic carbocycles. The molecule has 2 N–H and O–H groups in total. The van der Waals surface area contributed by atoms with E-state index in [1.54, 1.807) is 6.26 Å². The van der Waals surface area contributed by atoms with Crippen LogP contribution in [0, 0.1) is 10.1 Å². The lowest BCUT2D eigenvalue weighted by Gasteiger charge is -1.99. The summed E-state index contributed by atoms with van der Waals surface area (Å²) in [6, 6.07) is 3.68. The van der Waals surface area contributed by atoms with E-state index in [2.05, 4.69) is 10.5 Å². The zero-order valence-electron chi connectivity index (χ0n) is 8.78. The van der Waals surface area contributed by atoms with Crippen molar-refractivity contribution in [1.82, 2.24) is 5.43 Å². The summed E-state index contributed by atoms with van der Waals surface area (Å²) in [5.74, 6) is -0.0868. The second kappa shape index (κ2) is 6.16. The van der Waals surface area contributed by atoms with E-state index in [0.717, 1.165) is 0 Å². The SMILES string of the molecule is CSC(=S)N/N=C/c1cc([N+](=O)[O-])ccc1O. The molecule has 0 aliphatic rings. The largest absolute Gasteiger partial charge is 0.507 e. The number of nitrogens with zero attached hydrogens (tertiary/aromatic N) is 2. The van der Waals surface area contributed by atoms with Gasteiger partial charge in [-0.1, -0.05) is 24.0 Å².